The zero-order valence-corrected chi connectivity index (χ0v) is 13.7. The smallest absolute Gasteiger partial charge is 0.222 e. The zero-order valence-electron chi connectivity index (χ0n) is 12.9. The van der Waals surface area contributed by atoms with Crippen molar-refractivity contribution >= 4 is 18.3 Å². The minimum absolute atomic E-state index is 0. The Kier molecular flexibility index (Phi) is 7.90. The van der Waals surface area contributed by atoms with Gasteiger partial charge in [-0.1, -0.05) is 38.5 Å². The third kappa shape index (κ3) is 5.25. The molecule has 2 N–H and O–H groups in total. The molecule has 0 aromatic rings. The number of nitrogens with two attached hydrogens (primary N) is 1. The van der Waals surface area contributed by atoms with Crippen LogP contribution in [-0.2, 0) is 4.79 Å². The average molecular weight is 303 g/mol. The van der Waals surface area contributed by atoms with Crippen molar-refractivity contribution in [1.82, 2.24) is 4.90 Å². The van der Waals surface area contributed by atoms with E-state index >= 15 is 0 Å². The summed E-state index contributed by atoms with van der Waals surface area (Å²) >= 11 is 0. The van der Waals surface area contributed by atoms with E-state index in [2.05, 4.69) is 0 Å². The molecular weight excluding hydrogens is 272 g/mol. The zero-order chi connectivity index (χ0) is 13.7. The lowest BCUT2D eigenvalue weighted by molar-refractivity contribution is -0.131. The van der Waals surface area contributed by atoms with Crippen LogP contribution >= 0.6 is 12.4 Å². The van der Waals surface area contributed by atoms with Gasteiger partial charge in [-0.3, -0.25) is 4.79 Å². The number of nitrogens with zero attached hydrogens (tertiary/aromatic N) is 1. The van der Waals surface area contributed by atoms with Gasteiger partial charge in [-0.05, 0) is 31.1 Å². The normalized spacial score (nSPS) is 27.1. The second kappa shape index (κ2) is 8.89. The first-order valence-corrected chi connectivity index (χ1v) is 8.16. The van der Waals surface area contributed by atoms with Gasteiger partial charge < -0.3 is 10.6 Å². The largest absolute Gasteiger partial charge is 0.346 e. The molecule has 4 heteroatoms. The molecule has 0 aliphatic heterocycles. The highest BCUT2D eigenvalue weighted by atomic mass is 35.5. The maximum absolute atomic E-state index is 12.2. The second-order valence-corrected chi connectivity index (χ2v) is 6.67. The first-order chi connectivity index (χ1) is 9.16. The molecule has 0 heterocycles. The third-order valence-corrected chi connectivity index (χ3v) is 5.18. The van der Waals surface area contributed by atoms with Crippen LogP contribution in [-0.4, -0.2) is 30.4 Å². The molecule has 2 rings (SSSR count). The van der Waals surface area contributed by atoms with E-state index in [0.29, 0.717) is 18.2 Å². The molecule has 2 aliphatic rings. The highest BCUT2D eigenvalue weighted by Gasteiger charge is 2.27. The SMILES string of the molecule is CN(CCC1CCCCC1)C(=O)C[C@@H]1CCC[C@H]1N.Cl. The summed E-state index contributed by atoms with van der Waals surface area (Å²) in [6.07, 6.45) is 12.2. The van der Waals surface area contributed by atoms with Gasteiger partial charge >= 0.3 is 0 Å². The quantitative estimate of drug-likeness (QED) is 0.846. The summed E-state index contributed by atoms with van der Waals surface area (Å²) in [5.74, 6) is 1.60. The van der Waals surface area contributed by atoms with Gasteiger partial charge in [-0.25, -0.2) is 0 Å². The van der Waals surface area contributed by atoms with Crippen LogP contribution in [0.2, 0.25) is 0 Å². The predicted molar refractivity (Wildman–Crippen MR) is 86.0 cm³/mol. The van der Waals surface area contributed by atoms with E-state index in [1.165, 1.54) is 44.9 Å². The van der Waals surface area contributed by atoms with E-state index in [-0.39, 0.29) is 18.4 Å². The van der Waals surface area contributed by atoms with E-state index in [4.69, 9.17) is 5.73 Å². The minimum atomic E-state index is 0. The first-order valence-electron chi connectivity index (χ1n) is 8.16. The minimum Gasteiger partial charge on any atom is -0.346 e. The fourth-order valence-electron chi connectivity index (χ4n) is 3.68. The van der Waals surface area contributed by atoms with Gasteiger partial charge in [0.05, 0.1) is 0 Å². The molecule has 2 saturated carbocycles. The predicted octanol–water partition coefficient (Wildman–Crippen LogP) is 3.35. The lowest BCUT2D eigenvalue weighted by Crippen LogP contribution is -2.34. The van der Waals surface area contributed by atoms with Gasteiger partial charge in [0, 0.05) is 26.1 Å². The van der Waals surface area contributed by atoms with Crippen molar-refractivity contribution in [3.63, 3.8) is 0 Å². The molecule has 2 fully saturated rings. The maximum atomic E-state index is 12.2. The van der Waals surface area contributed by atoms with Crippen molar-refractivity contribution in [3.05, 3.63) is 0 Å². The summed E-state index contributed by atoms with van der Waals surface area (Å²) in [4.78, 5) is 14.1. The molecule has 0 radical (unpaired) electrons. The van der Waals surface area contributed by atoms with Crippen LogP contribution in [0.1, 0.15) is 64.2 Å². The molecular formula is C16H31ClN2O. The first kappa shape index (κ1) is 17.8. The van der Waals surface area contributed by atoms with Crippen LogP contribution in [0.4, 0.5) is 0 Å². The molecule has 0 aromatic carbocycles. The Morgan fingerprint density at radius 1 is 1.10 bits per heavy atom. The second-order valence-electron chi connectivity index (χ2n) is 6.67. The molecule has 0 aromatic heterocycles. The average Bonchev–Trinajstić information content (AvgIpc) is 2.82. The third-order valence-electron chi connectivity index (χ3n) is 5.18. The Hall–Kier alpha value is -0.280. The van der Waals surface area contributed by atoms with Gasteiger partial charge in [-0.2, -0.15) is 0 Å². The lowest BCUT2D eigenvalue weighted by atomic mass is 9.87. The molecule has 2 aliphatic carbocycles. The lowest BCUT2D eigenvalue weighted by Gasteiger charge is -2.25. The highest BCUT2D eigenvalue weighted by Crippen LogP contribution is 2.28. The number of carbonyl (C=O) groups excluding carboxylic acids is 1. The van der Waals surface area contributed by atoms with Crippen LogP contribution in [0.3, 0.4) is 0 Å². The van der Waals surface area contributed by atoms with Crippen molar-refractivity contribution in [2.45, 2.75) is 70.3 Å². The van der Waals surface area contributed by atoms with E-state index in [9.17, 15) is 4.79 Å². The monoisotopic (exact) mass is 302 g/mol. The molecule has 3 nitrogen and oxygen atoms in total. The Labute approximate surface area is 130 Å². The van der Waals surface area contributed by atoms with Crippen LogP contribution < -0.4 is 5.73 Å². The van der Waals surface area contributed by atoms with Crippen LogP contribution in [0.15, 0.2) is 0 Å². The number of rotatable bonds is 5. The van der Waals surface area contributed by atoms with Crippen molar-refractivity contribution in [2.24, 2.45) is 17.6 Å². The molecule has 2 atom stereocenters. The Morgan fingerprint density at radius 2 is 1.80 bits per heavy atom. The summed E-state index contributed by atoms with van der Waals surface area (Å²) in [7, 11) is 1.96. The Bertz CT molecular complexity index is 292. The fraction of sp³-hybridized carbons (Fsp3) is 0.938. The van der Waals surface area contributed by atoms with Gasteiger partial charge in [0.25, 0.3) is 0 Å². The highest BCUT2D eigenvalue weighted by molar-refractivity contribution is 5.85. The van der Waals surface area contributed by atoms with Crippen molar-refractivity contribution in [3.8, 4) is 0 Å². The molecule has 1 amide bonds. The molecule has 0 bridgehead atoms. The van der Waals surface area contributed by atoms with Crippen molar-refractivity contribution in [2.75, 3.05) is 13.6 Å². The van der Waals surface area contributed by atoms with Crippen LogP contribution in [0.25, 0.3) is 0 Å². The van der Waals surface area contributed by atoms with E-state index in [1.807, 2.05) is 11.9 Å². The van der Waals surface area contributed by atoms with Crippen molar-refractivity contribution < 1.29 is 4.79 Å². The van der Waals surface area contributed by atoms with E-state index in [1.54, 1.807) is 0 Å². The van der Waals surface area contributed by atoms with Gasteiger partial charge in [0.15, 0.2) is 0 Å². The number of halogens is 1. The number of amides is 1. The summed E-state index contributed by atoms with van der Waals surface area (Å²) in [5, 5.41) is 0. The molecule has 0 unspecified atom stereocenters. The van der Waals surface area contributed by atoms with Crippen LogP contribution in [0, 0.1) is 11.8 Å². The topological polar surface area (TPSA) is 46.3 Å². The maximum Gasteiger partial charge on any atom is 0.222 e. The molecule has 118 valence electrons. The molecule has 0 spiro atoms. The number of hydrogen-bond donors (Lipinski definition) is 1. The van der Waals surface area contributed by atoms with E-state index in [0.717, 1.165) is 25.3 Å². The number of hydrogen-bond acceptors (Lipinski definition) is 2. The number of carbonyl (C=O) groups is 1. The van der Waals surface area contributed by atoms with Crippen molar-refractivity contribution in [1.29, 1.82) is 0 Å². The summed E-state index contributed by atoms with van der Waals surface area (Å²) in [6.45, 7) is 0.936. The molecule has 0 saturated heterocycles. The van der Waals surface area contributed by atoms with E-state index < -0.39 is 0 Å². The summed E-state index contributed by atoms with van der Waals surface area (Å²) in [6, 6.07) is 0.260. The van der Waals surface area contributed by atoms with Gasteiger partial charge in [0.1, 0.15) is 0 Å². The molecule has 20 heavy (non-hydrogen) atoms. The summed E-state index contributed by atoms with van der Waals surface area (Å²) in [5.41, 5.74) is 6.05. The Balaban J connectivity index is 0.00000200. The fourth-order valence-corrected chi connectivity index (χ4v) is 3.68. The Morgan fingerprint density at radius 3 is 2.40 bits per heavy atom. The van der Waals surface area contributed by atoms with Gasteiger partial charge in [0.2, 0.25) is 5.91 Å². The summed E-state index contributed by atoms with van der Waals surface area (Å²) < 4.78 is 0. The van der Waals surface area contributed by atoms with Gasteiger partial charge in [-0.15, -0.1) is 12.4 Å². The standard InChI is InChI=1S/C16H30N2O.ClH/c1-18(11-10-13-6-3-2-4-7-13)16(19)12-14-8-5-9-15(14)17;/h13-15H,2-12,17H2,1H3;1H/t14-,15+;/m0./s1. The van der Waals surface area contributed by atoms with Crippen LogP contribution in [0.5, 0.6) is 0 Å².